The number of sulfonamides is 1. The van der Waals surface area contributed by atoms with E-state index in [1.54, 1.807) is 6.07 Å². The summed E-state index contributed by atoms with van der Waals surface area (Å²) in [5.74, 6) is -0.735. The second kappa shape index (κ2) is 8.18. The van der Waals surface area contributed by atoms with E-state index < -0.39 is 22.5 Å². The smallest absolute Gasteiger partial charge is 0.243 e. The zero-order valence-electron chi connectivity index (χ0n) is 14.0. The Morgan fingerprint density at radius 1 is 1.08 bits per heavy atom. The van der Waals surface area contributed by atoms with Crippen LogP contribution in [0.5, 0.6) is 0 Å². The maximum absolute atomic E-state index is 12.5. The summed E-state index contributed by atoms with van der Waals surface area (Å²) in [7, 11) is -2.60. The Morgan fingerprint density at radius 2 is 1.69 bits per heavy atom. The minimum atomic E-state index is -3.88. The van der Waals surface area contributed by atoms with Crippen LogP contribution in [-0.4, -0.2) is 38.0 Å². The molecule has 6 nitrogen and oxygen atoms in total. The van der Waals surface area contributed by atoms with Crippen molar-refractivity contribution in [3.8, 4) is 0 Å². The molecular weight excluding hydrogens is 399 g/mol. The molecule has 0 bridgehead atoms. The standard InChI is InChI=1S/C17H16Cl2N2O4S/c1-11(22)12-3-6-14(7-4-12)26(24,25)21(2)10-17(23)20-16-9-13(18)5-8-15(16)19/h3-9H,10H2,1-2H3,(H,20,23). The van der Waals surface area contributed by atoms with Gasteiger partial charge in [-0.2, -0.15) is 4.31 Å². The zero-order chi connectivity index (χ0) is 19.5. The van der Waals surface area contributed by atoms with Gasteiger partial charge in [0.25, 0.3) is 0 Å². The van der Waals surface area contributed by atoms with Crippen molar-refractivity contribution in [1.82, 2.24) is 4.31 Å². The molecule has 1 N–H and O–H groups in total. The van der Waals surface area contributed by atoms with Crippen LogP contribution in [0.1, 0.15) is 17.3 Å². The predicted octanol–water partition coefficient (Wildman–Crippen LogP) is 3.46. The number of rotatable bonds is 6. The third-order valence-corrected chi connectivity index (χ3v) is 5.92. The lowest BCUT2D eigenvalue weighted by molar-refractivity contribution is -0.116. The first kappa shape index (κ1) is 20.4. The lowest BCUT2D eigenvalue weighted by atomic mass is 10.2. The maximum atomic E-state index is 12.5. The van der Waals surface area contributed by atoms with E-state index >= 15 is 0 Å². The van der Waals surface area contributed by atoms with Crippen LogP contribution in [0.25, 0.3) is 0 Å². The number of hydrogen-bond donors (Lipinski definition) is 1. The summed E-state index contributed by atoms with van der Waals surface area (Å²) < 4.78 is 26.0. The average Bonchev–Trinajstić information content (AvgIpc) is 2.58. The van der Waals surface area contributed by atoms with Crippen molar-refractivity contribution in [3.63, 3.8) is 0 Å². The molecule has 9 heteroatoms. The predicted molar refractivity (Wildman–Crippen MR) is 101 cm³/mol. The quantitative estimate of drug-likeness (QED) is 0.733. The fraction of sp³-hybridized carbons (Fsp3) is 0.176. The van der Waals surface area contributed by atoms with E-state index in [-0.39, 0.29) is 15.7 Å². The van der Waals surface area contributed by atoms with Gasteiger partial charge >= 0.3 is 0 Å². The van der Waals surface area contributed by atoms with E-state index in [1.807, 2.05) is 0 Å². The van der Waals surface area contributed by atoms with Gasteiger partial charge in [0.2, 0.25) is 15.9 Å². The molecule has 0 saturated carbocycles. The number of nitrogens with zero attached hydrogens (tertiary/aromatic N) is 1. The Labute approximate surface area is 161 Å². The van der Waals surface area contributed by atoms with Crippen molar-refractivity contribution in [2.75, 3.05) is 18.9 Å². The molecule has 2 rings (SSSR count). The van der Waals surface area contributed by atoms with Crippen molar-refractivity contribution in [2.24, 2.45) is 0 Å². The van der Waals surface area contributed by atoms with Gasteiger partial charge in [-0.25, -0.2) is 8.42 Å². The van der Waals surface area contributed by atoms with Gasteiger partial charge in [-0.1, -0.05) is 35.3 Å². The van der Waals surface area contributed by atoms with Crippen molar-refractivity contribution >= 4 is 50.6 Å². The fourth-order valence-electron chi connectivity index (χ4n) is 2.11. The summed E-state index contributed by atoms with van der Waals surface area (Å²) in [5.41, 5.74) is 0.695. The number of carbonyl (C=O) groups is 2. The Morgan fingerprint density at radius 3 is 2.27 bits per heavy atom. The molecule has 0 spiro atoms. The SMILES string of the molecule is CC(=O)c1ccc(S(=O)(=O)N(C)CC(=O)Nc2cc(Cl)ccc2Cl)cc1. The number of anilines is 1. The highest BCUT2D eigenvalue weighted by Gasteiger charge is 2.23. The minimum Gasteiger partial charge on any atom is -0.324 e. The van der Waals surface area contributed by atoms with Crippen LogP contribution in [0.15, 0.2) is 47.4 Å². The van der Waals surface area contributed by atoms with Gasteiger partial charge in [-0.05, 0) is 37.3 Å². The van der Waals surface area contributed by atoms with Crippen LogP contribution in [0.2, 0.25) is 10.0 Å². The summed E-state index contributed by atoms with van der Waals surface area (Å²) in [5, 5.41) is 3.19. The highest BCUT2D eigenvalue weighted by Crippen LogP contribution is 2.25. The highest BCUT2D eigenvalue weighted by molar-refractivity contribution is 7.89. The molecule has 0 heterocycles. The van der Waals surface area contributed by atoms with Gasteiger partial charge in [-0.15, -0.1) is 0 Å². The molecule has 0 aliphatic carbocycles. The second-order valence-electron chi connectivity index (χ2n) is 5.51. The summed E-state index contributed by atoms with van der Waals surface area (Å²) in [6.07, 6.45) is 0. The lowest BCUT2D eigenvalue weighted by Crippen LogP contribution is -2.35. The normalized spacial score (nSPS) is 11.4. The zero-order valence-corrected chi connectivity index (χ0v) is 16.3. The van der Waals surface area contributed by atoms with E-state index in [0.29, 0.717) is 16.3 Å². The summed E-state index contributed by atoms with van der Waals surface area (Å²) in [6.45, 7) is 0.973. The third-order valence-electron chi connectivity index (χ3n) is 3.54. The van der Waals surface area contributed by atoms with Gasteiger partial charge in [0.1, 0.15) is 0 Å². The monoisotopic (exact) mass is 414 g/mol. The molecule has 2 aromatic rings. The number of benzene rings is 2. The minimum absolute atomic E-state index is 0.0152. The number of hydrogen-bond acceptors (Lipinski definition) is 4. The number of amides is 1. The molecule has 0 fully saturated rings. The first-order valence-electron chi connectivity index (χ1n) is 7.43. The summed E-state index contributed by atoms with van der Waals surface area (Å²) in [4.78, 5) is 23.4. The van der Waals surface area contributed by atoms with Crippen LogP contribution < -0.4 is 5.32 Å². The molecule has 0 aliphatic heterocycles. The van der Waals surface area contributed by atoms with Crippen molar-refractivity contribution < 1.29 is 18.0 Å². The first-order valence-corrected chi connectivity index (χ1v) is 9.63. The molecule has 138 valence electrons. The molecule has 0 atom stereocenters. The fourth-order valence-corrected chi connectivity index (χ4v) is 3.58. The molecule has 0 saturated heterocycles. The Hall–Kier alpha value is -1.93. The highest BCUT2D eigenvalue weighted by atomic mass is 35.5. The maximum Gasteiger partial charge on any atom is 0.243 e. The Bertz CT molecular complexity index is 944. The molecule has 0 radical (unpaired) electrons. The molecule has 0 aliphatic rings. The second-order valence-corrected chi connectivity index (χ2v) is 8.40. The van der Waals surface area contributed by atoms with Crippen molar-refractivity contribution in [2.45, 2.75) is 11.8 Å². The van der Waals surface area contributed by atoms with Crippen molar-refractivity contribution in [3.05, 3.63) is 58.1 Å². The number of halogens is 2. The summed E-state index contributed by atoms with van der Waals surface area (Å²) >= 11 is 11.8. The van der Waals surface area contributed by atoms with Gasteiger partial charge in [0.05, 0.1) is 22.2 Å². The molecule has 1 amide bonds. The van der Waals surface area contributed by atoms with Crippen LogP contribution in [0.3, 0.4) is 0 Å². The first-order chi connectivity index (χ1) is 12.1. The van der Waals surface area contributed by atoms with Crippen molar-refractivity contribution in [1.29, 1.82) is 0 Å². The topological polar surface area (TPSA) is 83.6 Å². The molecule has 2 aromatic carbocycles. The number of carbonyl (C=O) groups excluding carboxylic acids is 2. The van der Waals surface area contributed by atoms with Crippen LogP contribution in [0.4, 0.5) is 5.69 Å². The Kier molecular flexibility index (Phi) is 6.41. The van der Waals surface area contributed by atoms with E-state index in [2.05, 4.69) is 5.32 Å². The average molecular weight is 415 g/mol. The van der Waals surface area contributed by atoms with Crippen LogP contribution >= 0.6 is 23.2 Å². The lowest BCUT2D eigenvalue weighted by Gasteiger charge is -2.17. The van der Waals surface area contributed by atoms with E-state index in [0.717, 1.165) is 4.31 Å². The van der Waals surface area contributed by atoms with E-state index in [4.69, 9.17) is 23.2 Å². The summed E-state index contributed by atoms with van der Waals surface area (Å²) in [6, 6.07) is 10.1. The van der Waals surface area contributed by atoms with Gasteiger partial charge in [0.15, 0.2) is 5.78 Å². The molecule has 26 heavy (non-hydrogen) atoms. The van der Waals surface area contributed by atoms with Gasteiger partial charge < -0.3 is 5.32 Å². The van der Waals surface area contributed by atoms with Gasteiger partial charge in [0, 0.05) is 17.6 Å². The number of ketones is 1. The molecule has 0 unspecified atom stereocenters. The van der Waals surface area contributed by atoms with E-state index in [1.165, 1.54) is 50.4 Å². The van der Waals surface area contributed by atoms with Crippen LogP contribution in [-0.2, 0) is 14.8 Å². The van der Waals surface area contributed by atoms with Crippen LogP contribution in [0, 0.1) is 0 Å². The molecule has 0 aromatic heterocycles. The number of nitrogens with one attached hydrogen (secondary N) is 1. The third kappa shape index (κ3) is 4.82. The van der Waals surface area contributed by atoms with E-state index in [9.17, 15) is 18.0 Å². The number of Topliss-reactive ketones (excluding diaryl/α,β-unsaturated/α-hetero) is 1. The Balaban J connectivity index is 2.12. The molecular formula is C17H16Cl2N2O4S. The number of likely N-dealkylation sites (N-methyl/N-ethyl adjacent to an activating group) is 1. The largest absolute Gasteiger partial charge is 0.324 e. The van der Waals surface area contributed by atoms with Gasteiger partial charge in [-0.3, -0.25) is 9.59 Å².